The van der Waals surface area contributed by atoms with Gasteiger partial charge in [0.1, 0.15) is 6.10 Å². The molecule has 110 valence electrons. The van der Waals surface area contributed by atoms with Crippen LogP contribution in [0, 0.1) is 5.82 Å². The lowest BCUT2D eigenvalue weighted by Gasteiger charge is -2.23. The van der Waals surface area contributed by atoms with Crippen molar-refractivity contribution >= 4 is 5.97 Å². The highest BCUT2D eigenvalue weighted by Crippen LogP contribution is 2.25. The number of ether oxygens (including phenoxy) is 3. The highest BCUT2D eigenvalue weighted by Gasteiger charge is 2.21. The number of hydrogen-bond acceptors (Lipinski definition) is 5. The number of rotatable bonds is 4. The molecule has 0 bridgehead atoms. The first-order valence-electron chi connectivity index (χ1n) is 6.41. The Morgan fingerprint density at radius 3 is 2.75 bits per heavy atom. The highest BCUT2D eigenvalue weighted by molar-refractivity contribution is 5.76. The van der Waals surface area contributed by atoms with E-state index in [1.807, 2.05) is 0 Å². The molecule has 0 saturated carbocycles. The second-order valence-corrected chi connectivity index (χ2v) is 4.55. The molecule has 5 nitrogen and oxygen atoms in total. The summed E-state index contributed by atoms with van der Waals surface area (Å²) in [6, 6.07) is 3.93. The Morgan fingerprint density at radius 1 is 1.45 bits per heavy atom. The molecule has 20 heavy (non-hydrogen) atoms. The summed E-state index contributed by atoms with van der Waals surface area (Å²) in [5.74, 6) is -1.34. The van der Waals surface area contributed by atoms with Crippen LogP contribution >= 0.6 is 0 Å². The minimum Gasteiger partial charge on any atom is -0.487 e. The topological polar surface area (TPSA) is 65.0 Å². The van der Waals surface area contributed by atoms with Crippen molar-refractivity contribution in [3.63, 3.8) is 0 Å². The van der Waals surface area contributed by atoms with Crippen LogP contribution in [-0.2, 0) is 14.3 Å². The second-order valence-electron chi connectivity index (χ2n) is 4.55. The molecule has 2 rings (SSSR count). The molecular formula is C14H17FO5. The van der Waals surface area contributed by atoms with Crippen molar-refractivity contribution in [2.75, 3.05) is 20.3 Å². The summed E-state index contributed by atoms with van der Waals surface area (Å²) >= 11 is 0. The molecule has 1 aromatic rings. The Bertz CT molecular complexity index is 471. The van der Waals surface area contributed by atoms with Gasteiger partial charge in [-0.2, -0.15) is 0 Å². The summed E-state index contributed by atoms with van der Waals surface area (Å²) in [6.07, 6.45) is -0.140. The van der Waals surface area contributed by atoms with E-state index in [2.05, 4.69) is 4.74 Å². The molecule has 1 fully saturated rings. The molecule has 0 amide bonds. The molecule has 0 spiro atoms. The smallest absolute Gasteiger partial charge is 0.339 e. The van der Waals surface area contributed by atoms with Crippen LogP contribution in [0.1, 0.15) is 24.5 Å². The van der Waals surface area contributed by atoms with Crippen molar-refractivity contribution < 1.29 is 28.5 Å². The van der Waals surface area contributed by atoms with Crippen molar-refractivity contribution in [2.45, 2.75) is 25.0 Å². The van der Waals surface area contributed by atoms with Crippen molar-refractivity contribution in [1.29, 1.82) is 0 Å². The van der Waals surface area contributed by atoms with Gasteiger partial charge < -0.3 is 19.3 Å². The lowest BCUT2D eigenvalue weighted by molar-refractivity contribution is -0.150. The summed E-state index contributed by atoms with van der Waals surface area (Å²) in [5, 5.41) is 9.63. The fourth-order valence-corrected chi connectivity index (χ4v) is 2.00. The Balaban J connectivity index is 2.07. The number of hydrogen-bond donors (Lipinski definition) is 1. The molecule has 1 aliphatic rings. The maximum Gasteiger partial charge on any atom is 0.339 e. The van der Waals surface area contributed by atoms with Crippen LogP contribution in [0.4, 0.5) is 4.39 Å². The van der Waals surface area contributed by atoms with E-state index in [0.717, 1.165) is 13.2 Å². The van der Waals surface area contributed by atoms with Gasteiger partial charge in [-0.1, -0.05) is 6.07 Å². The van der Waals surface area contributed by atoms with Gasteiger partial charge >= 0.3 is 5.97 Å². The molecule has 1 aliphatic heterocycles. The van der Waals surface area contributed by atoms with Crippen molar-refractivity contribution in [2.24, 2.45) is 0 Å². The quantitative estimate of drug-likeness (QED) is 0.851. The van der Waals surface area contributed by atoms with Crippen molar-refractivity contribution in [3.8, 4) is 5.75 Å². The third kappa shape index (κ3) is 3.46. The highest BCUT2D eigenvalue weighted by atomic mass is 19.1. The van der Waals surface area contributed by atoms with Crippen molar-refractivity contribution in [3.05, 3.63) is 29.6 Å². The first-order valence-corrected chi connectivity index (χ1v) is 6.41. The molecule has 1 heterocycles. The number of aliphatic hydroxyl groups excluding tert-OH is 1. The van der Waals surface area contributed by atoms with Crippen molar-refractivity contribution in [1.82, 2.24) is 0 Å². The summed E-state index contributed by atoms with van der Waals surface area (Å²) in [5.41, 5.74) is 0.133. The number of aliphatic hydroxyl groups is 1. The minimum absolute atomic E-state index is 0.0744. The molecule has 0 radical (unpaired) electrons. The van der Waals surface area contributed by atoms with Gasteiger partial charge in [0, 0.05) is 12.8 Å². The number of esters is 1. The number of benzene rings is 1. The van der Waals surface area contributed by atoms with E-state index in [1.54, 1.807) is 0 Å². The average Bonchev–Trinajstić information content (AvgIpc) is 2.48. The molecule has 0 aromatic heterocycles. The van der Waals surface area contributed by atoms with E-state index in [0.29, 0.717) is 26.1 Å². The lowest BCUT2D eigenvalue weighted by Crippen LogP contribution is -2.26. The van der Waals surface area contributed by atoms with Gasteiger partial charge in [0.15, 0.2) is 17.7 Å². The number of carbonyl (C=O) groups is 1. The van der Waals surface area contributed by atoms with Gasteiger partial charge in [0.2, 0.25) is 0 Å². The van der Waals surface area contributed by atoms with Gasteiger partial charge in [-0.3, -0.25) is 0 Å². The fourth-order valence-electron chi connectivity index (χ4n) is 2.00. The Kier molecular flexibility index (Phi) is 4.92. The van der Waals surface area contributed by atoms with E-state index in [9.17, 15) is 14.3 Å². The third-order valence-corrected chi connectivity index (χ3v) is 3.16. The fraction of sp³-hybridized carbons (Fsp3) is 0.500. The van der Waals surface area contributed by atoms with Gasteiger partial charge in [0.05, 0.1) is 20.3 Å². The van der Waals surface area contributed by atoms with E-state index in [4.69, 9.17) is 9.47 Å². The molecular weight excluding hydrogens is 267 g/mol. The largest absolute Gasteiger partial charge is 0.487 e. The van der Waals surface area contributed by atoms with Gasteiger partial charge in [-0.25, -0.2) is 9.18 Å². The van der Waals surface area contributed by atoms with Crippen LogP contribution in [0.25, 0.3) is 0 Å². The second kappa shape index (κ2) is 6.67. The van der Waals surface area contributed by atoms with E-state index >= 15 is 0 Å². The first kappa shape index (κ1) is 14.7. The molecule has 1 atom stereocenters. The van der Waals surface area contributed by atoms with Gasteiger partial charge in [0.25, 0.3) is 0 Å². The normalized spacial score (nSPS) is 17.6. The summed E-state index contributed by atoms with van der Waals surface area (Å²) in [4.78, 5) is 11.2. The summed E-state index contributed by atoms with van der Waals surface area (Å²) in [6.45, 7) is 1.21. The Labute approximate surface area is 116 Å². The average molecular weight is 284 g/mol. The van der Waals surface area contributed by atoms with E-state index in [-0.39, 0.29) is 17.4 Å². The zero-order valence-electron chi connectivity index (χ0n) is 11.2. The van der Waals surface area contributed by atoms with Crippen LogP contribution in [0.5, 0.6) is 5.75 Å². The summed E-state index contributed by atoms with van der Waals surface area (Å²) < 4.78 is 29.1. The lowest BCUT2D eigenvalue weighted by atomic mass is 10.1. The number of methoxy groups -OCH3 is 1. The predicted molar refractivity (Wildman–Crippen MR) is 67.8 cm³/mol. The molecule has 6 heteroatoms. The SMILES string of the molecule is COC(=O)C(O)c1ccc(OC2CCOCC2)c(F)c1. The zero-order chi connectivity index (χ0) is 14.5. The summed E-state index contributed by atoms with van der Waals surface area (Å²) in [7, 11) is 1.16. The standard InChI is InChI=1S/C14H17FO5/c1-18-14(17)13(16)9-2-3-12(11(15)8-9)20-10-4-6-19-7-5-10/h2-3,8,10,13,16H,4-7H2,1H3. The van der Waals surface area contributed by atoms with E-state index < -0.39 is 17.9 Å². The minimum atomic E-state index is -1.49. The maximum absolute atomic E-state index is 13.9. The van der Waals surface area contributed by atoms with Crippen LogP contribution < -0.4 is 4.74 Å². The first-order chi connectivity index (χ1) is 9.61. The predicted octanol–water partition coefficient (Wildman–Crippen LogP) is 1.59. The van der Waals surface area contributed by atoms with Gasteiger partial charge in [-0.15, -0.1) is 0 Å². The van der Waals surface area contributed by atoms with Crippen LogP contribution in [0.3, 0.4) is 0 Å². The molecule has 1 saturated heterocycles. The third-order valence-electron chi connectivity index (χ3n) is 3.16. The number of carbonyl (C=O) groups excluding carboxylic acids is 1. The van der Waals surface area contributed by atoms with Crippen LogP contribution in [0.2, 0.25) is 0 Å². The van der Waals surface area contributed by atoms with Crippen LogP contribution in [0.15, 0.2) is 18.2 Å². The number of halogens is 1. The Morgan fingerprint density at radius 2 is 2.15 bits per heavy atom. The maximum atomic E-state index is 13.9. The monoisotopic (exact) mass is 284 g/mol. The zero-order valence-corrected chi connectivity index (χ0v) is 11.2. The van der Waals surface area contributed by atoms with Gasteiger partial charge in [-0.05, 0) is 17.7 Å². The van der Waals surface area contributed by atoms with E-state index in [1.165, 1.54) is 12.1 Å². The molecule has 1 aromatic carbocycles. The molecule has 1 unspecified atom stereocenters. The Hall–Kier alpha value is -1.66. The molecule has 1 N–H and O–H groups in total. The molecule has 0 aliphatic carbocycles. The van der Waals surface area contributed by atoms with Crippen LogP contribution in [-0.4, -0.2) is 37.5 Å².